The lowest BCUT2D eigenvalue weighted by Gasteiger charge is -2.13. The molecule has 0 saturated heterocycles. The van der Waals surface area contributed by atoms with Crippen molar-refractivity contribution in [3.63, 3.8) is 0 Å². The van der Waals surface area contributed by atoms with Gasteiger partial charge in [-0.05, 0) is 24.0 Å². The summed E-state index contributed by atoms with van der Waals surface area (Å²) in [6.45, 7) is 7.18. The van der Waals surface area contributed by atoms with Crippen LogP contribution in [0.1, 0.15) is 36.2 Å². The summed E-state index contributed by atoms with van der Waals surface area (Å²) in [5, 5.41) is 19.6. The first-order valence-corrected chi connectivity index (χ1v) is 5.36. The van der Waals surface area contributed by atoms with Crippen molar-refractivity contribution in [2.45, 2.75) is 25.0 Å². The minimum Gasteiger partial charge on any atom is -0.388 e. The van der Waals surface area contributed by atoms with Crippen molar-refractivity contribution in [3.8, 4) is 0 Å². The third-order valence-electron chi connectivity index (χ3n) is 2.46. The highest BCUT2D eigenvalue weighted by Gasteiger charge is 2.09. The van der Waals surface area contributed by atoms with Crippen molar-refractivity contribution in [2.24, 2.45) is 0 Å². The molecule has 0 aliphatic rings. The Morgan fingerprint density at radius 2 is 1.44 bits per heavy atom. The molecule has 0 unspecified atom stereocenters. The minimum atomic E-state index is -0.548. The summed E-state index contributed by atoms with van der Waals surface area (Å²) in [7, 11) is 0. The fourth-order valence-corrected chi connectivity index (χ4v) is 1.56. The summed E-state index contributed by atoms with van der Waals surface area (Å²) >= 11 is 0. The van der Waals surface area contributed by atoms with Gasteiger partial charge in [0.15, 0.2) is 0 Å². The molecule has 1 rings (SSSR count). The van der Waals surface area contributed by atoms with Gasteiger partial charge in [0.1, 0.15) is 0 Å². The van der Waals surface area contributed by atoms with Gasteiger partial charge in [-0.25, -0.2) is 0 Å². The van der Waals surface area contributed by atoms with Gasteiger partial charge in [-0.1, -0.05) is 36.4 Å². The maximum atomic E-state index is 9.78. The predicted octanol–water partition coefficient (Wildman–Crippen LogP) is 2.91. The molecule has 0 spiro atoms. The molecule has 1 aromatic carbocycles. The molecule has 1 aromatic rings. The summed E-state index contributed by atoms with van der Waals surface area (Å²) in [6.07, 6.45) is 3.29. The highest BCUT2D eigenvalue weighted by atomic mass is 16.3. The first kappa shape index (κ1) is 12.7. The van der Waals surface area contributed by atoms with Crippen molar-refractivity contribution in [1.82, 2.24) is 0 Å². The van der Waals surface area contributed by atoms with E-state index in [4.69, 9.17) is 0 Å². The van der Waals surface area contributed by atoms with Gasteiger partial charge in [0, 0.05) is 0 Å². The van der Waals surface area contributed by atoms with E-state index < -0.39 is 12.2 Å². The molecule has 0 saturated carbocycles. The van der Waals surface area contributed by atoms with Crippen LogP contribution in [0.25, 0.3) is 0 Å². The third kappa shape index (κ3) is 3.33. The summed E-state index contributed by atoms with van der Waals surface area (Å²) in [6, 6.07) is 7.35. The van der Waals surface area contributed by atoms with Crippen LogP contribution in [0, 0.1) is 0 Å². The first-order valence-electron chi connectivity index (χ1n) is 5.36. The molecule has 0 amide bonds. The molecule has 0 heterocycles. The molecule has 2 N–H and O–H groups in total. The van der Waals surface area contributed by atoms with Crippen LogP contribution in [0.15, 0.2) is 49.6 Å². The topological polar surface area (TPSA) is 40.5 Å². The van der Waals surface area contributed by atoms with Gasteiger partial charge in [0.25, 0.3) is 0 Å². The van der Waals surface area contributed by atoms with Crippen LogP contribution < -0.4 is 0 Å². The molecule has 2 atom stereocenters. The van der Waals surface area contributed by atoms with E-state index in [0.717, 1.165) is 11.1 Å². The Morgan fingerprint density at radius 3 is 1.81 bits per heavy atom. The van der Waals surface area contributed by atoms with Crippen molar-refractivity contribution < 1.29 is 10.2 Å². The zero-order chi connectivity index (χ0) is 12.0. The Morgan fingerprint density at radius 1 is 1.00 bits per heavy atom. The number of aliphatic hydroxyl groups excluding tert-OH is 2. The van der Waals surface area contributed by atoms with Crippen molar-refractivity contribution >= 4 is 0 Å². The van der Waals surface area contributed by atoms with Gasteiger partial charge in [-0.3, -0.25) is 0 Å². The molecule has 0 aliphatic carbocycles. The fraction of sp³-hybridized carbons (Fsp3) is 0.286. The van der Waals surface area contributed by atoms with Gasteiger partial charge in [0.2, 0.25) is 0 Å². The molecule has 0 aliphatic heterocycles. The lowest BCUT2D eigenvalue weighted by molar-refractivity contribution is 0.175. The van der Waals surface area contributed by atoms with Crippen LogP contribution in [0.4, 0.5) is 0 Å². The van der Waals surface area contributed by atoms with Crippen LogP contribution in [0.5, 0.6) is 0 Å². The lowest BCUT2D eigenvalue weighted by Crippen LogP contribution is -2.00. The van der Waals surface area contributed by atoms with E-state index in [9.17, 15) is 10.2 Å². The van der Waals surface area contributed by atoms with Crippen LogP contribution in [-0.2, 0) is 0 Å². The second-order valence-electron chi connectivity index (χ2n) is 3.75. The number of aliphatic hydroxyl groups is 2. The number of benzene rings is 1. The summed E-state index contributed by atoms with van der Waals surface area (Å²) in [4.78, 5) is 0. The highest BCUT2D eigenvalue weighted by Crippen LogP contribution is 2.23. The van der Waals surface area contributed by atoms with Crippen molar-refractivity contribution in [2.75, 3.05) is 0 Å². The smallest absolute Gasteiger partial charge is 0.0824 e. The average molecular weight is 218 g/mol. The predicted molar refractivity (Wildman–Crippen MR) is 66.0 cm³/mol. The van der Waals surface area contributed by atoms with E-state index >= 15 is 0 Å². The molecule has 0 radical (unpaired) electrons. The standard InChI is InChI=1S/C14H18O2/c1-3-6-13(15)11-8-5-9-12(10-11)14(16)7-4-2/h3-5,8-10,13-16H,1-2,6-7H2/t13-,14-/m1/s1. The largest absolute Gasteiger partial charge is 0.388 e. The van der Waals surface area contributed by atoms with E-state index in [0.29, 0.717) is 12.8 Å². The Bertz CT molecular complexity index is 326. The van der Waals surface area contributed by atoms with E-state index in [1.807, 2.05) is 24.3 Å². The van der Waals surface area contributed by atoms with E-state index in [1.54, 1.807) is 12.2 Å². The maximum Gasteiger partial charge on any atom is 0.0824 e. The van der Waals surface area contributed by atoms with Crippen LogP contribution in [-0.4, -0.2) is 10.2 Å². The Hall–Kier alpha value is -1.38. The Balaban J connectivity index is 2.85. The second kappa shape index (κ2) is 6.26. The average Bonchev–Trinajstić information content (AvgIpc) is 2.30. The van der Waals surface area contributed by atoms with E-state index in [1.165, 1.54) is 0 Å². The molecular weight excluding hydrogens is 200 g/mol. The molecule has 0 aromatic heterocycles. The zero-order valence-electron chi connectivity index (χ0n) is 9.34. The lowest BCUT2D eigenvalue weighted by atomic mass is 10.00. The monoisotopic (exact) mass is 218 g/mol. The van der Waals surface area contributed by atoms with Crippen LogP contribution >= 0.6 is 0 Å². The summed E-state index contributed by atoms with van der Waals surface area (Å²) in [5.74, 6) is 0. The highest BCUT2D eigenvalue weighted by molar-refractivity contribution is 5.27. The second-order valence-corrected chi connectivity index (χ2v) is 3.75. The Labute approximate surface area is 96.6 Å². The van der Waals surface area contributed by atoms with E-state index in [-0.39, 0.29) is 0 Å². The SMILES string of the molecule is C=CC[C@@H](O)c1cccc([C@H](O)CC=C)c1. The molecule has 2 nitrogen and oxygen atoms in total. The molecule has 2 heteroatoms. The van der Waals surface area contributed by atoms with Gasteiger partial charge in [-0.2, -0.15) is 0 Å². The maximum absolute atomic E-state index is 9.78. The van der Waals surface area contributed by atoms with Crippen molar-refractivity contribution in [1.29, 1.82) is 0 Å². The van der Waals surface area contributed by atoms with Crippen LogP contribution in [0.2, 0.25) is 0 Å². The molecule has 86 valence electrons. The van der Waals surface area contributed by atoms with Gasteiger partial charge in [0.05, 0.1) is 12.2 Å². The van der Waals surface area contributed by atoms with Gasteiger partial charge >= 0.3 is 0 Å². The molecule has 16 heavy (non-hydrogen) atoms. The van der Waals surface area contributed by atoms with Gasteiger partial charge in [-0.15, -0.1) is 13.2 Å². The van der Waals surface area contributed by atoms with Crippen LogP contribution in [0.3, 0.4) is 0 Å². The van der Waals surface area contributed by atoms with Gasteiger partial charge < -0.3 is 10.2 Å². The minimum absolute atomic E-state index is 0.515. The van der Waals surface area contributed by atoms with E-state index in [2.05, 4.69) is 13.2 Å². The summed E-state index contributed by atoms with van der Waals surface area (Å²) < 4.78 is 0. The number of hydrogen-bond acceptors (Lipinski definition) is 2. The number of rotatable bonds is 6. The number of hydrogen-bond donors (Lipinski definition) is 2. The molecule has 0 fully saturated rings. The quantitative estimate of drug-likeness (QED) is 0.721. The molecular formula is C14H18O2. The normalized spacial score (nSPS) is 14.1. The summed E-state index contributed by atoms with van der Waals surface area (Å²) in [5.41, 5.74) is 1.61. The fourth-order valence-electron chi connectivity index (χ4n) is 1.56. The third-order valence-corrected chi connectivity index (χ3v) is 2.46. The molecule has 0 bridgehead atoms. The Kier molecular flexibility index (Phi) is 4.96. The zero-order valence-corrected chi connectivity index (χ0v) is 9.34. The van der Waals surface area contributed by atoms with Crippen molar-refractivity contribution in [3.05, 3.63) is 60.7 Å². The first-order chi connectivity index (χ1) is 7.69.